The maximum Gasteiger partial charge on any atom is 0.240 e. The van der Waals surface area contributed by atoms with Gasteiger partial charge in [0.15, 0.2) is 0 Å². The van der Waals surface area contributed by atoms with Crippen molar-refractivity contribution in [3.63, 3.8) is 0 Å². The van der Waals surface area contributed by atoms with E-state index in [0.717, 1.165) is 18.4 Å². The average Bonchev–Trinajstić information content (AvgIpc) is 2.85. The molecule has 1 aliphatic rings. The number of hydrogen-bond donors (Lipinski definition) is 2. The first kappa shape index (κ1) is 10.4. The summed E-state index contributed by atoms with van der Waals surface area (Å²) in [5, 5.41) is 8.31. The van der Waals surface area contributed by atoms with Gasteiger partial charge in [-0.15, -0.1) is 0 Å². The summed E-state index contributed by atoms with van der Waals surface area (Å²) in [4.78, 5) is 0.181. The molecule has 0 spiro atoms. The summed E-state index contributed by atoms with van der Waals surface area (Å²) < 4.78 is 22.6. The van der Waals surface area contributed by atoms with Gasteiger partial charge in [-0.3, -0.25) is 0 Å². The molecular weight excluding hydrogens is 212 g/mol. The highest BCUT2D eigenvalue weighted by atomic mass is 32.2. The number of aryl methyl sites for hydroxylation is 1. The van der Waals surface area contributed by atoms with Crippen LogP contribution in [-0.2, 0) is 10.0 Å². The Labute approximate surface area is 89.5 Å². The topological polar surface area (TPSA) is 72.2 Å². The third-order valence-corrected chi connectivity index (χ3v) is 3.35. The molecule has 15 heavy (non-hydrogen) atoms. The van der Waals surface area contributed by atoms with Crippen molar-refractivity contribution in [1.29, 1.82) is 0 Å². The number of nitrogens with two attached hydrogens (primary N) is 1. The smallest absolute Gasteiger partial charge is 0.240 e. The van der Waals surface area contributed by atoms with E-state index in [1.807, 2.05) is 13.0 Å². The number of nitrogens with one attached hydrogen (secondary N) is 1. The molecule has 82 valence electrons. The van der Waals surface area contributed by atoms with Crippen LogP contribution >= 0.6 is 0 Å². The lowest BCUT2D eigenvalue weighted by Gasteiger charge is -2.10. The second-order valence-corrected chi connectivity index (χ2v) is 5.49. The minimum absolute atomic E-state index is 0.181. The van der Waals surface area contributed by atoms with Crippen LogP contribution in [0.25, 0.3) is 0 Å². The molecule has 1 aromatic rings. The van der Waals surface area contributed by atoms with Crippen LogP contribution in [0.4, 0.5) is 5.69 Å². The summed E-state index contributed by atoms with van der Waals surface area (Å²) in [7, 11) is -3.63. The number of benzene rings is 1. The third kappa shape index (κ3) is 2.49. The highest BCUT2D eigenvalue weighted by Crippen LogP contribution is 2.29. The Morgan fingerprint density at radius 1 is 1.40 bits per heavy atom. The van der Waals surface area contributed by atoms with Gasteiger partial charge in [-0.05, 0) is 37.5 Å². The number of sulfonamides is 1. The first-order chi connectivity index (χ1) is 6.97. The molecule has 0 saturated heterocycles. The van der Waals surface area contributed by atoms with E-state index >= 15 is 0 Å². The Morgan fingerprint density at radius 2 is 2.07 bits per heavy atom. The van der Waals surface area contributed by atoms with Gasteiger partial charge in [-0.25, -0.2) is 13.6 Å². The monoisotopic (exact) mass is 226 g/mol. The van der Waals surface area contributed by atoms with E-state index in [1.165, 1.54) is 0 Å². The maximum absolute atomic E-state index is 11.3. The van der Waals surface area contributed by atoms with Crippen LogP contribution in [0.2, 0.25) is 0 Å². The molecule has 0 aromatic heterocycles. The normalized spacial score (nSPS) is 16.4. The Bertz CT molecular complexity index is 478. The number of anilines is 1. The fourth-order valence-electron chi connectivity index (χ4n) is 1.45. The van der Waals surface area contributed by atoms with Crippen LogP contribution in [0.5, 0.6) is 0 Å². The molecule has 4 nitrogen and oxygen atoms in total. The van der Waals surface area contributed by atoms with Crippen LogP contribution in [0.15, 0.2) is 23.1 Å². The lowest BCUT2D eigenvalue weighted by atomic mass is 10.2. The summed E-state index contributed by atoms with van der Waals surface area (Å²) >= 11 is 0. The molecule has 2 rings (SSSR count). The molecule has 1 aliphatic carbocycles. The van der Waals surface area contributed by atoms with Gasteiger partial charge in [-0.1, -0.05) is 6.07 Å². The second-order valence-electron chi connectivity index (χ2n) is 3.96. The molecule has 1 saturated carbocycles. The van der Waals surface area contributed by atoms with E-state index in [4.69, 9.17) is 5.14 Å². The zero-order chi connectivity index (χ0) is 11.1. The van der Waals surface area contributed by atoms with Gasteiger partial charge in [0.1, 0.15) is 4.90 Å². The molecule has 5 heteroatoms. The van der Waals surface area contributed by atoms with E-state index in [2.05, 4.69) is 5.32 Å². The van der Waals surface area contributed by atoms with Gasteiger partial charge in [-0.2, -0.15) is 0 Å². The summed E-state index contributed by atoms with van der Waals surface area (Å²) in [6, 6.07) is 5.53. The van der Waals surface area contributed by atoms with Crippen LogP contribution in [0, 0.1) is 6.92 Å². The SMILES string of the molecule is Cc1ccc(S(N)(=O)=O)c(NC2CC2)c1. The predicted molar refractivity (Wildman–Crippen MR) is 59.2 cm³/mol. The van der Waals surface area contributed by atoms with Gasteiger partial charge in [0, 0.05) is 6.04 Å². The van der Waals surface area contributed by atoms with Crippen LogP contribution in [-0.4, -0.2) is 14.5 Å². The zero-order valence-electron chi connectivity index (χ0n) is 8.53. The van der Waals surface area contributed by atoms with Crippen molar-refractivity contribution in [3.05, 3.63) is 23.8 Å². The van der Waals surface area contributed by atoms with Crippen molar-refractivity contribution in [2.24, 2.45) is 5.14 Å². The molecule has 3 N–H and O–H groups in total. The van der Waals surface area contributed by atoms with Crippen molar-refractivity contribution in [1.82, 2.24) is 0 Å². The van der Waals surface area contributed by atoms with Gasteiger partial charge in [0.2, 0.25) is 10.0 Å². The Hall–Kier alpha value is -1.07. The Balaban J connectivity index is 2.43. The molecule has 0 amide bonds. The zero-order valence-corrected chi connectivity index (χ0v) is 9.34. The van der Waals surface area contributed by atoms with E-state index in [1.54, 1.807) is 12.1 Å². The van der Waals surface area contributed by atoms with Gasteiger partial charge in [0.05, 0.1) is 5.69 Å². The minimum Gasteiger partial charge on any atom is -0.381 e. The predicted octanol–water partition coefficient (Wildman–Crippen LogP) is 1.22. The van der Waals surface area contributed by atoms with Crippen LogP contribution in [0.3, 0.4) is 0 Å². The van der Waals surface area contributed by atoms with E-state index in [9.17, 15) is 8.42 Å². The molecule has 0 heterocycles. The molecule has 0 radical (unpaired) electrons. The van der Waals surface area contributed by atoms with Gasteiger partial charge >= 0.3 is 0 Å². The molecule has 1 aromatic carbocycles. The molecule has 1 fully saturated rings. The van der Waals surface area contributed by atoms with Crippen molar-refractivity contribution in [2.45, 2.75) is 30.7 Å². The van der Waals surface area contributed by atoms with E-state index in [-0.39, 0.29) is 4.90 Å². The van der Waals surface area contributed by atoms with Gasteiger partial charge in [0.25, 0.3) is 0 Å². The fourth-order valence-corrected chi connectivity index (χ4v) is 2.13. The third-order valence-electron chi connectivity index (χ3n) is 2.38. The summed E-state index contributed by atoms with van der Waals surface area (Å²) in [6.07, 6.45) is 2.19. The fraction of sp³-hybridized carbons (Fsp3) is 0.400. The van der Waals surface area contributed by atoms with Crippen molar-refractivity contribution >= 4 is 15.7 Å². The van der Waals surface area contributed by atoms with Crippen LogP contribution < -0.4 is 10.5 Å². The average molecular weight is 226 g/mol. The molecule has 0 atom stereocenters. The second kappa shape index (κ2) is 3.50. The summed E-state index contributed by atoms with van der Waals surface area (Å²) in [5.41, 5.74) is 1.64. The molecule has 0 bridgehead atoms. The van der Waals surface area contributed by atoms with E-state index in [0.29, 0.717) is 11.7 Å². The first-order valence-electron chi connectivity index (χ1n) is 4.87. The lowest BCUT2D eigenvalue weighted by Crippen LogP contribution is -2.15. The standard InChI is InChI=1S/C10H14N2O2S/c1-7-2-5-10(15(11,13)14)9(6-7)12-8-3-4-8/h2,5-6,8,12H,3-4H2,1H3,(H2,11,13,14). The summed E-state index contributed by atoms with van der Waals surface area (Å²) in [6.45, 7) is 1.92. The Morgan fingerprint density at radius 3 is 2.60 bits per heavy atom. The number of primary sulfonamides is 1. The van der Waals surface area contributed by atoms with Crippen LogP contribution in [0.1, 0.15) is 18.4 Å². The Kier molecular flexibility index (Phi) is 2.44. The van der Waals surface area contributed by atoms with Gasteiger partial charge < -0.3 is 5.32 Å². The van der Waals surface area contributed by atoms with Crippen molar-refractivity contribution in [2.75, 3.05) is 5.32 Å². The summed E-state index contributed by atoms with van der Waals surface area (Å²) in [5.74, 6) is 0. The minimum atomic E-state index is -3.63. The molecule has 0 unspecified atom stereocenters. The van der Waals surface area contributed by atoms with Crippen molar-refractivity contribution < 1.29 is 8.42 Å². The highest BCUT2D eigenvalue weighted by molar-refractivity contribution is 7.89. The lowest BCUT2D eigenvalue weighted by molar-refractivity contribution is 0.598. The maximum atomic E-state index is 11.3. The van der Waals surface area contributed by atoms with Crippen molar-refractivity contribution in [3.8, 4) is 0 Å². The molecular formula is C10H14N2O2S. The molecule has 0 aliphatic heterocycles. The number of rotatable bonds is 3. The highest BCUT2D eigenvalue weighted by Gasteiger charge is 2.23. The van der Waals surface area contributed by atoms with E-state index < -0.39 is 10.0 Å². The quantitative estimate of drug-likeness (QED) is 0.814. The first-order valence-corrected chi connectivity index (χ1v) is 6.41. The number of hydrogen-bond acceptors (Lipinski definition) is 3. The largest absolute Gasteiger partial charge is 0.381 e.